The standard InChI is InChI=1S/C10H11ClN2O/c1-8-3-2-5-10(11,7-8)13-9(14)4-6-12-13/h2-3,5-6H,4,7H2,1H3. The second-order valence-corrected chi connectivity index (χ2v) is 4.23. The highest BCUT2D eigenvalue weighted by molar-refractivity contribution is 6.26. The Kier molecular flexibility index (Phi) is 2.19. The van der Waals surface area contributed by atoms with E-state index in [1.165, 1.54) is 5.01 Å². The van der Waals surface area contributed by atoms with Crippen molar-refractivity contribution in [2.45, 2.75) is 24.8 Å². The molecule has 0 aromatic rings. The molecule has 1 atom stereocenters. The molecule has 0 fully saturated rings. The fourth-order valence-electron chi connectivity index (χ4n) is 1.67. The first-order valence-electron chi connectivity index (χ1n) is 4.51. The molecule has 0 saturated carbocycles. The first kappa shape index (κ1) is 9.46. The molecule has 1 aliphatic heterocycles. The number of carbonyl (C=O) groups excluding carboxylic acids is 1. The summed E-state index contributed by atoms with van der Waals surface area (Å²) in [5.74, 6) is -0.0423. The van der Waals surface area contributed by atoms with Gasteiger partial charge < -0.3 is 0 Å². The van der Waals surface area contributed by atoms with Crippen molar-refractivity contribution in [3.63, 3.8) is 0 Å². The summed E-state index contributed by atoms with van der Waals surface area (Å²) >= 11 is 6.33. The summed E-state index contributed by atoms with van der Waals surface area (Å²) < 4.78 is 0. The van der Waals surface area contributed by atoms with E-state index in [4.69, 9.17) is 11.6 Å². The molecule has 2 rings (SSSR count). The van der Waals surface area contributed by atoms with Gasteiger partial charge in [0.25, 0.3) is 0 Å². The maximum atomic E-state index is 11.4. The lowest BCUT2D eigenvalue weighted by Crippen LogP contribution is -2.41. The van der Waals surface area contributed by atoms with E-state index in [9.17, 15) is 4.79 Å². The van der Waals surface area contributed by atoms with Crippen LogP contribution in [0.1, 0.15) is 19.8 Å². The topological polar surface area (TPSA) is 32.7 Å². The van der Waals surface area contributed by atoms with Crippen molar-refractivity contribution in [2.75, 3.05) is 0 Å². The lowest BCUT2D eigenvalue weighted by Gasteiger charge is -2.32. The Morgan fingerprint density at radius 3 is 3.00 bits per heavy atom. The van der Waals surface area contributed by atoms with Crippen LogP contribution in [0.25, 0.3) is 0 Å². The van der Waals surface area contributed by atoms with E-state index in [1.54, 1.807) is 6.21 Å². The zero-order valence-electron chi connectivity index (χ0n) is 7.90. The average molecular weight is 211 g/mol. The molecule has 0 aromatic heterocycles. The van der Waals surface area contributed by atoms with Gasteiger partial charge in [-0.25, -0.2) is 5.01 Å². The predicted molar refractivity (Wildman–Crippen MR) is 56.1 cm³/mol. The van der Waals surface area contributed by atoms with Crippen LogP contribution in [0.4, 0.5) is 0 Å². The van der Waals surface area contributed by atoms with Crippen LogP contribution >= 0.6 is 11.6 Å². The second kappa shape index (κ2) is 3.24. The summed E-state index contributed by atoms with van der Waals surface area (Å²) in [5, 5.41) is 5.36. The largest absolute Gasteiger partial charge is 0.272 e. The number of allylic oxidation sites excluding steroid dienone is 2. The number of hydrazone groups is 1. The second-order valence-electron chi connectivity index (χ2n) is 3.58. The van der Waals surface area contributed by atoms with Gasteiger partial charge >= 0.3 is 0 Å². The van der Waals surface area contributed by atoms with Gasteiger partial charge in [0.05, 0.1) is 6.42 Å². The van der Waals surface area contributed by atoms with E-state index < -0.39 is 5.00 Å². The molecule has 4 heteroatoms. The molecule has 0 aromatic carbocycles. The zero-order valence-corrected chi connectivity index (χ0v) is 8.66. The van der Waals surface area contributed by atoms with Crippen molar-refractivity contribution < 1.29 is 4.79 Å². The number of amides is 1. The van der Waals surface area contributed by atoms with Gasteiger partial charge in [-0.1, -0.05) is 29.3 Å². The molecule has 1 heterocycles. The number of nitrogens with zero attached hydrogens (tertiary/aromatic N) is 2. The van der Waals surface area contributed by atoms with Crippen molar-refractivity contribution in [2.24, 2.45) is 5.10 Å². The lowest BCUT2D eigenvalue weighted by atomic mass is 10.0. The Morgan fingerprint density at radius 2 is 2.43 bits per heavy atom. The minimum absolute atomic E-state index is 0.0423. The predicted octanol–water partition coefficient (Wildman–Crippen LogP) is 2.05. The number of rotatable bonds is 1. The van der Waals surface area contributed by atoms with Crippen LogP contribution < -0.4 is 0 Å². The first-order chi connectivity index (χ1) is 6.62. The normalized spacial score (nSPS) is 31.1. The number of carbonyl (C=O) groups is 1. The van der Waals surface area contributed by atoms with Crippen LogP contribution in [-0.4, -0.2) is 22.1 Å². The summed E-state index contributed by atoms with van der Waals surface area (Å²) in [6, 6.07) is 0. The molecule has 1 amide bonds. The lowest BCUT2D eigenvalue weighted by molar-refractivity contribution is -0.130. The molecular weight excluding hydrogens is 200 g/mol. The van der Waals surface area contributed by atoms with Crippen molar-refractivity contribution in [3.8, 4) is 0 Å². The summed E-state index contributed by atoms with van der Waals surface area (Å²) in [5.41, 5.74) is 1.15. The molecule has 1 unspecified atom stereocenters. The van der Waals surface area contributed by atoms with Crippen LogP contribution in [0.2, 0.25) is 0 Å². The highest BCUT2D eigenvalue weighted by atomic mass is 35.5. The SMILES string of the molecule is CC1=CC=CC(Cl)(N2N=CCC2=O)C1. The Hall–Kier alpha value is -1.09. The quantitative estimate of drug-likeness (QED) is 0.482. The number of hydrogen-bond donors (Lipinski definition) is 0. The highest BCUT2D eigenvalue weighted by Gasteiger charge is 2.38. The fourth-order valence-corrected chi connectivity index (χ4v) is 2.09. The van der Waals surface area contributed by atoms with E-state index in [-0.39, 0.29) is 5.91 Å². The minimum Gasteiger partial charge on any atom is -0.272 e. The molecule has 1 aliphatic carbocycles. The number of hydrogen-bond acceptors (Lipinski definition) is 2. The van der Waals surface area contributed by atoms with E-state index in [2.05, 4.69) is 5.10 Å². The van der Waals surface area contributed by atoms with Crippen LogP contribution in [0.15, 0.2) is 28.9 Å². The van der Waals surface area contributed by atoms with Gasteiger partial charge in [0.1, 0.15) is 0 Å². The van der Waals surface area contributed by atoms with Crippen molar-refractivity contribution in [1.29, 1.82) is 0 Å². The maximum Gasteiger partial charge on any atom is 0.250 e. The van der Waals surface area contributed by atoms with Crippen LogP contribution in [0.3, 0.4) is 0 Å². The molecule has 2 aliphatic rings. The summed E-state index contributed by atoms with van der Waals surface area (Å²) in [7, 11) is 0. The molecule has 74 valence electrons. The average Bonchev–Trinajstić information content (AvgIpc) is 2.51. The number of alkyl halides is 1. The summed E-state index contributed by atoms with van der Waals surface area (Å²) in [4.78, 5) is 10.7. The molecule has 0 radical (unpaired) electrons. The van der Waals surface area contributed by atoms with E-state index >= 15 is 0 Å². The van der Waals surface area contributed by atoms with Gasteiger partial charge in [0.15, 0.2) is 5.00 Å². The first-order valence-corrected chi connectivity index (χ1v) is 4.89. The monoisotopic (exact) mass is 210 g/mol. The van der Waals surface area contributed by atoms with Gasteiger partial charge in [-0.3, -0.25) is 4.79 Å². The molecule has 14 heavy (non-hydrogen) atoms. The molecule has 0 spiro atoms. The van der Waals surface area contributed by atoms with Gasteiger partial charge in [0.2, 0.25) is 5.91 Å². The van der Waals surface area contributed by atoms with Gasteiger partial charge in [-0.05, 0) is 13.0 Å². The smallest absolute Gasteiger partial charge is 0.250 e. The maximum absolute atomic E-state index is 11.4. The Bertz CT molecular complexity index is 359. The van der Waals surface area contributed by atoms with Gasteiger partial charge in [0, 0.05) is 12.6 Å². The Balaban J connectivity index is 2.25. The molecular formula is C10H11ClN2O. The van der Waals surface area contributed by atoms with E-state index in [0.717, 1.165) is 5.57 Å². The molecule has 0 bridgehead atoms. The van der Waals surface area contributed by atoms with Crippen LogP contribution in [0, 0.1) is 0 Å². The molecule has 3 nitrogen and oxygen atoms in total. The third-order valence-corrected chi connectivity index (χ3v) is 2.73. The van der Waals surface area contributed by atoms with Crippen LogP contribution in [-0.2, 0) is 4.79 Å². The molecule has 0 saturated heterocycles. The van der Waals surface area contributed by atoms with Gasteiger partial charge in [-0.2, -0.15) is 5.10 Å². The zero-order chi connectivity index (χ0) is 10.2. The van der Waals surface area contributed by atoms with Crippen molar-refractivity contribution in [1.82, 2.24) is 5.01 Å². The Morgan fingerprint density at radius 1 is 1.64 bits per heavy atom. The third kappa shape index (κ3) is 1.48. The van der Waals surface area contributed by atoms with E-state index in [0.29, 0.717) is 12.8 Å². The highest BCUT2D eigenvalue weighted by Crippen LogP contribution is 2.34. The van der Waals surface area contributed by atoms with Crippen molar-refractivity contribution >= 4 is 23.7 Å². The van der Waals surface area contributed by atoms with Crippen molar-refractivity contribution in [3.05, 3.63) is 23.8 Å². The van der Waals surface area contributed by atoms with E-state index in [1.807, 2.05) is 25.2 Å². The molecule has 0 N–H and O–H groups in total. The summed E-state index contributed by atoms with van der Waals surface area (Å²) in [6.45, 7) is 1.99. The number of halogens is 1. The fraction of sp³-hybridized carbons (Fsp3) is 0.400. The van der Waals surface area contributed by atoms with Crippen LogP contribution in [0.5, 0.6) is 0 Å². The summed E-state index contributed by atoms with van der Waals surface area (Å²) in [6.07, 6.45) is 8.24. The minimum atomic E-state index is -0.789. The van der Waals surface area contributed by atoms with Gasteiger partial charge in [-0.15, -0.1) is 0 Å². The Labute approximate surface area is 87.7 Å². The third-order valence-electron chi connectivity index (χ3n) is 2.31.